The number of thiophene rings is 1. The lowest BCUT2D eigenvalue weighted by Crippen LogP contribution is -2.22. The minimum atomic E-state index is -0.0251. The molecular formula is C13H13ClN2O2S. The summed E-state index contributed by atoms with van der Waals surface area (Å²) in [7, 11) is 0. The van der Waals surface area contributed by atoms with E-state index in [2.05, 4.69) is 0 Å². The van der Waals surface area contributed by atoms with Gasteiger partial charge in [-0.3, -0.25) is 0 Å². The third-order valence-corrected chi connectivity index (χ3v) is 4.15. The highest BCUT2D eigenvalue weighted by molar-refractivity contribution is 7.16. The lowest BCUT2D eigenvalue weighted by atomic mass is 10.2. The zero-order valence-electron chi connectivity index (χ0n) is 10.3. The molecule has 0 spiro atoms. The molecule has 3 rings (SSSR count). The van der Waals surface area contributed by atoms with Gasteiger partial charge in [0.1, 0.15) is 17.6 Å². The van der Waals surface area contributed by atoms with Crippen molar-refractivity contribution in [3.8, 4) is 0 Å². The van der Waals surface area contributed by atoms with Crippen molar-refractivity contribution < 1.29 is 9.25 Å². The molecule has 0 aromatic carbocycles. The number of aryl methyl sites for hydroxylation is 1. The van der Waals surface area contributed by atoms with Crippen LogP contribution in [0.4, 0.5) is 0 Å². The Morgan fingerprint density at radius 2 is 2.21 bits per heavy atom. The summed E-state index contributed by atoms with van der Waals surface area (Å²) in [4.78, 5) is 6.62. The lowest BCUT2D eigenvalue weighted by molar-refractivity contribution is -0.130. The number of halogens is 1. The van der Waals surface area contributed by atoms with Crippen LogP contribution < -0.4 is 5.73 Å². The molecule has 0 bridgehead atoms. The van der Waals surface area contributed by atoms with Gasteiger partial charge in [0, 0.05) is 11.0 Å². The maximum absolute atomic E-state index is 5.98. The third kappa shape index (κ3) is 2.63. The number of hydrogen-bond donors (Lipinski definition) is 1. The Balaban J connectivity index is 1.81. The summed E-state index contributed by atoms with van der Waals surface area (Å²) in [5.74, 6) is 2.12. The molecule has 0 fully saturated rings. The fourth-order valence-corrected chi connectivity index (χ4v) is 3.16. The van der Waals surface area contributed by atoms with Gasteiger partial charge in [0.2, 0.25) is 5.88 Å². The predicted molar refractivity (Wildman–Crippen MR) is 74.4 cm³/mol. The first kappa shape index (κ1) is 12.6. The zero-order valence-corrected chi connectivity index (χ0v) is 11.9. The zero-order chi connectivity index (χ0) is 13.4. The van der Waals surface area contributed by atoms with Crippen LogP contribution in [0, 0.1) is 6.92 Å². The Bertz CT molecular complexity index is 620. The van der Waals surface area contributed by atoms with Crippen LogP contribution in [0.1, 0.15) is 22.4 Å². The highest BCUT2D eigenvalue weighted by Gasteiger charge is 2.29. The van der Waals surface area contributed by atoms with Crippen LogP contribution in [-0.4, -0.2) is 5.06 Å². The van der Waals surface area contributed by atoms with Gasteiger partial charge in [-0.1, -0.05) is 11.6 Å². The van der Waals surface area contributed by atoms with E-state index < -0.39 is 0 Å². The Kier molecular flexibility index (Phi) is 3.26. The standard InChI is InChI=1S/C13H13ClN2O2S/c1-8-2-3-9(17-8)7-16-10(6-13(15)18-16)11-4-5-12(14)19-11/h2-6,10H,7,15H2,1H3. The van der Waals surface area contributed by atoms with Gasteiger partial charge < -0.3 is 15.0 Å². The molecule has 0 saturated carbocycles. The smallest absolute Gasteiger partial charge is 0.207 e. The molecule has 3 heterocycles. The second-order valence-corrected chi connectivity index (χ2v) is 6.08. The van der Waals surface area contributed by atoms with E-state index in [4.69, 9.17) is 26.6 Å². The SMILES string of the molecule is Cc1ccc(CN2OC(N)=CC2c2ccc(Cl)s2)o1. The van der Waals surface area contributed by atoms with Crippen LogP contribution in [0.15, 0.2) is 40.6 Å². The van der Waals surface area contributed by atoms with Crippen molar-refractivity contribution in [3.05, 3.63) is 57.0 Å². The number of furan rings is 1. The first-order valence-corrected chi connectivity index (χ1v) is 7.04. The molecule has 1 atom stereocenters. The van der Waals surface area contributed by atoms with E-state index >= 15 is 0 Å². The van der Waals surface area contributed by atoms with Gasteiger partial charge in [-0.25, -0.2) is 0 Å². The van der Waals surface area contributed by atoms with E-state index in [9.17, 15) is 0 Å². The topological polar surface area (TPSA) is 51.6 Å². The monoisotopic (exact) mass is 296 g/mol. The molecule has 100 valence electrons. The molecule has 0 aliphatic carbocycles. The second-order valence-electron chi connectivity index (χ2n) is 4.33. The lowest BCUT2D eigenvalue weighted by Gasteiger charge is -2.20. The fraction of sp³-hybridized carbons (Fsp3) is 0.231. The van der Waals surface area contributed by atoms with E-state index in [1.165, 1.54) is 11.3 Å². The number of nitrogens with zero attached hydrogens (tertiary/aromatic N) is 1. The van der Waals surface area contributed by atoms with Gasteiger partial charge in [-0.15, -0.1) is 16.4 Å². The van der Waals surface area contributed by atoms with Crippen LogP contribution >= 0.6 is 22.9 Å². The van der Waals surface area contributed by atoms with Crippen molar-refractivity contribution in [3.63, 3.8) is 0 Å². The molecule has 0 radical (unpaired) electrons. The van der Waals surface area contributed by atoms with Crippen molar-refractivity contribution in [2.24, 2.45) is 5.73 Å². The van der Waals surface area contributed by atoms with Crippen molar-refractivity contribution in [1.82, 2.24) is 5.06 Å². The Morgan fingerprint density at radius 1 is 1.37 bits per heavy atom. The second kappa shape index (κ2) is 4.92. The maximum atomic E-state index is 5.98. The predicted octanol–water partition coefficient (Wildman–Crippen LogP) is 3.59. The van der Waals surface area contributed by atoms with Crippen molar-refractivity contribution in [1.29, 1.82) is 0 Å². The normalized spacial score (nSPS) is 19.5. The van der Waals surface area contributed by atoms with E-state index in [0.29, 0.717) is 12.4 Å². The Morgan fingerprint density at radius 3 is 2.84 bits per heavy atom. The molecule has 2 N–H and O–H groups in total. The minimum Gasteiger partial charge on any atom is -0.465 e. The van der Waals surface area contributed by atoms with Gasteiger partial charge in [-0.2, -0.15) is 0 Å². The van der Waals surface area contributed by atoms with E-state index in [-0.39, 0.29) is 6.04 Å². The quantitative estimate of drug-likeness (QED) is 0.940. The van der Waals surface area contributed by atoms with Crippen molar-refractivity contribution in [2.45, 2.75) is 19.5 Å². The molecule has 1 aliphatic heterocycles. The van der Waals surface area contributed by atoms with Crippen LogP contribution in [0.25, 0.3) is 0 Å². The molecular weight excluding hydrogens is 284 g/mol. The summed E-state index contributed by atoms with van der Waals surface area (Å²) in [5, 5.41) is 1.79. The summed E-state index contributed by atoms with van der Waals surface area (Å²) in [6.45, 7) is 2.45. The van der Waals surface area contributed by atoms with Gasteiger partial charge >= 0.3 is 0 Å². The number of nitrogens with two attached hydrogens (primary N) is 1. The summed E-state index contributed by atoms with van der Waals surface area (Å²) in [5.41, 5.74) is 5.76. The molecule has 4 nitrogen and oxygen atoms in total. The van der Waals surface area contributed by atoms with E-state index in [1.807, 2.05) is 37.3 Å². The average Bonchev–Trinajstić information content (AvgIpc) is 3.02. The molecule has 0 saturated heterocycles. The maximum Gasteiger partial charge on any atom is 0.207 e. The third-order valence-electron chi connectivity index (χ3n) is 2.85. The fourth-order valence-electron chi connectivity index (χ4n) is 2.03. The van der Waals surface area contributed by atoms with Crippen molar-refractivity contribution in [2.75, 3.05) is 0 Å². The van der Waals surface area contributed by atoms with Gasteiger partial charge in [-0.05, 0) is 31.2 Å². The minimum absolute atomic E-state index is 0.0251. The molecule has 2 aromatic heterocycles. The average molecular weight is 297 g/mol. The van der Waals surface area contributed by atoms with E-state index in [0.717, 1.165) is 20.7 Å². The molecule has 19 heavy (non-hydrogen) atoms. The summed E-state index contributed by atoms with van der Waals surface area (Å²) in [6, 6.07) is 7.70. The summed E-state index contributed by atoms with van der Waals surface area (Å²) in [6.07, 6.45) is 1.87. The van der Waals surface area contributed by atoms with Gasteiger partial charge in [0.25, 0.3) is 0 Å². The molecule has 2 aromatic rings. The van der Waals surface area contributed by atoms with Crippen molar-refractivity contribution >= 4 is 22.9 Å². The Labute approximate surface area is 120 Å². The molecule has 6 heteroatoms. The first-order valence-electron chi connectivity index (χ1n) is 5.84. The molecule has 1 aliphatic rings. The van der Waals surface area contributed by atoms with Crippen LogP contribution in [0.5, 0.6) is 0 Å². The first-order chi connectivity index (χ1) is 9.11. The van der Waals surface area contributed by atoms with Gasteiger partial charge in [0.05, 0.1) is 10.9 Å². The number of rotatable bonds is 3. The Hall–Kier alpha value is -1.43. The largest absolute Gasteiger partial charge is 0.465 e. The van der Waals surface area contributed by atoms with E-state index in [1.54, 1.807) is 5.06 Å². The number of hydrogen-bond acceptors (Lipinski definition) is 5. The van der Waals surface area contributed by atoms with Crippen LogP contribution in [-0.2, 0) is 11.4 Å². The van der Waals surface area contributed by atoms with Gasteiger partial charge in [0.15, 0.2) is 0 Å². The highest BCUT2D eigenvalue weighted by Crippen LogP contribution is 2.36. The molecule has 0 amide bonds. The van der Waals surface area contributed by atoms with Crippen LogP contribution in [0.2, 0.25) is 4.34 Å². The summed E-state index contributed by atoms with van der Waals surface area (Å²) >= 11 is 7.49. The highest BCUT2D eigenvalue weighted by atomic mass is 35.5. The number of hydroxylamine groups is 2. The van der Waals surface area contributed by atoms with Crippen LogP contribution in [0.3, 0.4) is 0 Å². The molecule has 1 unspecified atom stereocenters. The summed E-state index contributed by atoms with van der Waals surface area (Å²) < 4.78 is 6.31.